The molecule has 3 aromatic carbocycles. The fourth-order valence-electron chi connectivity index (χ4n) is 4.86. The minimum atomic E-state index is -0.823. The standard InChI is InChI=1S/C30H31BFNO5/c1-29(2)30(3,4)38-31(37-29)20(15-19-16-21(34)13-14-27(19)32)17-33-28(35)36-18-26-24-11-7-5-9-22(24)23-10-6-8-12-25(23)26/h5-16,26,34H,17-18H2,1-4H3,(H,33,35). The SMILES string of the molecule is CC1(C)OB(C(=Cc2cc(O)ccc2F)CNC(=O)OCC2c3ccccc3-c3ccccc32)OC1(C)C. The first kappa shape index (κ1) is 26.0. The van der Waals surface area contributed by atoms with E-state index in [1.165, 1.54) is 24.3 Å². The van der Waals surface area contributed by atoms with Gasteiger partial charge >= 0.3 is 13.2 Å². The molecule has 0 radical (unpaired) electrons. The van der Waals surface area contributed by atoms with Crippen molar-refractivity contribution in [2.45, 2.75) is 44.8 Å². The Hall–Kier alpha value is -3.62. The summed E-state index contributed by atoms with van der Waals surface area (Å²) in [6, 6.07) is 20.0. The molecular weight excluding hydrogens is 484 g/mol. The van der Waals surface area contributed by atoms with Crippen molar-refractivity contribution in [3.05, 3.63) is 94.7 Å². The molecular formula is C30H31BFNO5. The quantitative estimate of drug-likeness (QED) is 0.389. The predicted octanol–water partition coefficient (Wildman–Crippen LogP) is 6.08. The van der Waals surface area contributed by atoms with Gasteiger partial charge in [0.25, 0.3) is 0 Å². The van der Waals surface area contributed by atoms with Crippen LogP contribution in [-0.2, 0) is 14.0 Å². The average molecular weight is 515 g/mol. The molecule has 0 saturated carbocycles. The summed E-state index contributed by atoms with van der Waals surface area (Å²) in [7, 11) is -0.823. The number of amides is 1. The highest BCUT2D eigenvalue weighted by Crippen LogP contribution is 2.44. The van der Waals surface area contributed by atoms with E-state index in [4.69, 9.17) is 14.0 Å². The Morgan fingerprint density at radius 2 is 1.58 bits per heavy atom. The van der Waals surface area contributed by atoms with Crippen molar-refractivity contribution >= 4 is 19.3 Å². The predicted molar refractivity (Wildman–Crippen MR) is 145 cm³/mol. The van der Waals surface area contributed by atoms with Crippen molar-refractivity contribution in [2.24, 2.45) is 0 Å². The molecule has 1 heterocycles. The summed E-state index contributed by atoms with van der Waals surface area (Å²) >= 11 is 0. The molecule has 6 nitrogen and oxygen atoms in total. The number of phenols is 1. The minimum Gasteiger partial charge on any atom is -0.508 e. The summed E-state index contributed by atoms with van der Waals surface area (Å²) in [6.45, 7) is 7.84. The van der Waals surface area contributed by atoms with E-state index >= 15 is 0 Å². The van der Waals surface area contributed by atoms with Crippen LogP contribution < -0.4 is 5.32 Å². The maximum absolute atomic E-state index is 14.5. The number of carbonyl (C=O) groups excluding carboxylic acids is 1. The number of aromatic hydroxyl groups is 1. The Morgan fingerprint density at radius 1 is 1.00 bits per heavy atom. The van der Waals surface area contributed by atoms with Gasteiger partial charge < -0.3 is 24.5 Å². The number of rotatable bonds is 6. The smallest absolute Gasteiger partial charge is 0.492 e. The van der Waals surface area contributed by atoms with Crippen molar-refractivity contribution in [1.82, 2.24) is 5.32 Å². The van der Waals surface area contributed by atoms with Crippen LogP contribution >= 0.6 is 0 Å². The summed E-state index contributed by atoms with van der Waals surface area (Å²) in [4.78, 5) is 12.8. The molecule has 1 aliphatic carbocycles. The molecule has 0 atom stereocenters. The lowest BCUT2D eigenvalue weighted by atomic mass is 9.77. The van der Waals surface area contributed by atoms with Gasteiger partial charge in [-0.15, -0.1) is 0 Å². The third kappa shape index (κ3) is 4.94. The maximum Gasteiger partial charge on any atom is 0.492 e. The van der Waals surface area contributed by atoms with Gasteiger partial charge in [0.15, 0.2) is 0 Å². The largest absolute Gasteiger partial charge is 0.508 e. The minimum absolute atomic E-state index is 0.00258. The van der Waals surface area contributed by atoms with Gasteiger partial charge in [-0.05, 0) is 73.6 Å². The monoisotopic (exact) mass is 515 g/mol. The van der Waals surface area contributed by atoms with E-state index in [9.17, 15) is 14.3 Å². The number of fused-ring (bicyclic) bond motifs is 3. The zero-order chi connectivity index (χ0) is 27.1. The van der Waals surface area contributed by atoms with Gasteiger partial charge in [-0.25, -0.2) is 9.18 Å². The van der Waals surface area contributed by atoms with Gasteiger partial charge in [-0.1, -0.05) is 54.6 Å². The lowest BCUT2D eigenvalue weighted by Gasteiger charge is -2.32. The number of phenolic OH excluding ortho intramolecular Hbond substituents is 1. The molecule has 38 heavy (non-hydrogen) atoms. The Labute approximate surface area is 222 Å². The molecule has 0 aromatic heterocycles. The molecule has 3 aromatic rings. The van der Waals surface area contributed by atoms with Crippen molar-refractivity contribution in [3.8, 4) is 16.9 Å². The van der Waals surface area contributed by atoms with Crippen LogP contribution in [0.4, 0.5) is 9.18 Å². The van der Waals surface area contributed by atoms with E-state index in [-0.39, 0.29) is 30.4 Å². The van der Waals surface area contributed by atoms with Gasteiger partial charge in [0.1, 0.15) is 18.2 Å². The number of alkyl carbamates (subject to hydrolysis) is 1. The molecule has 8 heteroatoms. The molecule has 2 N–H and O–H groups in total. The van der Waals surface area contributed by atoms with E-state index in [2.05, 4.69) is 29.6 Å². The topological polar surface area (TPSA) is 77.0 Å². The molecule has 1 amide bonds. The number of ether oxygens (including phenoxy) is 1. The van der Waals surface area contributed by atoms with Crippen LogP contribution in [0.15, 0.2) is 72.2 Å². The zero-order valence-electron chi connectivity index (χ0n) is 22.0. The lowest BCUT2D eigenvalue weighted by Crippen LogP contribution is -2.41. The van der Waals surface area contributed by atoms with Crippen molar-refractivity contribution in [3.63, 3.8) is 0 Å². The second kappa shape index (κ2) is 9.93. The highest BCUT2D eigenvalue weighted by molar-refractivity contribution is 6.56. The normalized spacial score (nSPS) is 17.7. The number of hydrogen-bond donors (Lipinski definition) is 2. The van der Waals surface area contributed by atoms with Gasteiger partial charge in [-0.3, -0.25) is 0 Å². The van der Waals surface area contributed by atoms with E-state index < -0.39 is 30.2 Å². The zero-order valence-corrected chi connectivity index (χ0v) is 22.0. The van der Waals surface area contributed by atoms with E-state index in [0.29, 0.717) is 5.47 Å². The molecule has 0 spiro atoms. The van der Waals surface area contributed by atoms with Crippen molar-refractivity contribution in [2.75, 3.05) is 13.2 Å². The molecule has 1 aliphatic heterocycles. The van der Waals surface area contributed by atoms with Crippen molar-refractivity contribution in [1.29, 1.82) is 0 Å². The van der Waals surface area contributed by atoms with Crippen molar-refractivity contribution < 1.29 is 28.3 Å². The fraction of sp³-hybridized carbons (Fsp3) is 0.300. The Balaban J connectivity index is 1.31. The van der Waals surface area contributed by atoms with Crippen LogP contribution in [0.25, 0.3) is 17.2 Å². The van der Waals surface area contributed by atoms with E-state index in [1.807, 2.05) is 52.0 Å². The van der Waals surface area contributed by atoms with E-state index in [0.717, 1.165) is 22.3 Å². The second-order valence-electron chi connectivity index (χ2n) is 10.7. The van der Waals surface area contributed by atoms with Crippen LogP contribution in [0, 0.1) is 5.82 Å². The Bertz CT molecular complexity index is 1340. The summed E-state index contributed by atoms with van der Waals surface area (Å²) in [5.74, 6) is -0.652. The second-order valence-corrected chi connectivity index (χ2v) is 10.7. The fourth-order valence-corrected chi connectivity index (χ4v) is 4.86. The van der Waals surface area contributed by atoms with Crippen LogP contribution in [0.3, 0.4) is 0 Å². The molecule has 1 saturated heterocycles. The Morgan fingerprint density at radius 3 is 2.18 bits per heavy atom. The number of hydrogen-bond acceptors (Lipinski definition) is 5. The van der Waals surface area contributed by atoms with Gasteiger partial charge in [0.2, 0.25) is 0 Å². The number of nitrogens with one attached hydrogen (secondary N) is 1. The van der Waals surface area contributed by atoms with Gasteiger partial charge in [0, 0.05) is 18.0 Å². The summed E-state index contributed by atoms with van der Waals surface area (Å²) in [5, 5.41) is 12.6. The number of carbonyl (C=O) groups is 1. The highest BCUT2D eigenvalue weighted by Gasteiger charge is 2.52. The van der Waals surface area contributed by atoms with Gasteiger partial charge in [0.05, 0.1) is 11.2 Å². The third-order valence-corrected chi connectivity index (χ3v) is 7.66. The average Bonchev–Trinajstić information content (AvgIpc) is 3.31. The first-order chi connectivity index (χ1) is 18.1. The molecule has 0 unspecified atom stereocenters. The van der Waals surface area contributed by atoms with Crippen LogP contribution in [0.2, 0.25) is 0 Å². The first-order valence-corrected chi connectivity index (χ1v) is 12.7. The maximum atomic E-state index is 14.5. The number of halogens is 1. The molecule has 196 valence electrons. The van der Waals surface area contributed by atoms with E-state index in [1.54, 1.807) is 0 Å². The number of benzene rings is 3. The third-order valence-electron chi connectivity index (χ3n) is 7.66. The summed E-state index contributed by atoms with van der Waals surface area (Å²) in [6.07, 6.45) is 0.923. The van der Waals surface area contributed by atoms with Crippen LogP contribution in [0.1, 0.15) is 50.3 Å². The first-order valence-electron chi connectivity index (χ1n) is 12.7. The summed E-state index contributed by atoms with van der Waals surface area (Å²) < 4.78 is 32.5. The molecule has 2 aliphatic rings. The van der Waals surface area contributed by atoms with Crippen LogP contribution in [-0.4, -0.2) is 42.7 Å². The summed E-state index contributed by atoms with van der Waals surface area (Å²) in [5.41, 5.74) is 3.94. The molecule has 1 fully saturated rings. The highest BCUT2D eigenvalue weighted by atomic mass is 19.1. The molecule has 0 bridgehead atoms. The lowest BCUT2D eigenvalue weighted by molar-refractivity contribution is 0.00578. The Kier molecular flexibility index (Phi) is 6.80. The van der Waals surface area contributed by atoms with Crippen LogP contribution in [0.5, 0.6) is 5.75 Å². The van der Waals surface area contributed by atoms with Gasteiger partial charge in [-0.2, -0.15) is 0 Å². The molecule has 5 rings (SSSR count).